The van der Waals surface area contributed by atoms with E-state index < -0.39 is 72.1 Å². The summed E-state index contributed by atoms with van der Waals surface area (Å²) in [5.74, 6) is -5.37. The van der Waals surface area contributed by atoms with Crippen LogP contribution in [0.4, 0.5) is 0 Å². The normalized spacial score (nSPS) is 23.5. The summed E-state index contributed by atoms with van der Waals surface area (Å²) in [6, 6.07) is 2.49. The number of hydrogen-bond donors (Lipinski definition) is 9. The molecule has 0 aliphatic carbocycles. The first-order valence-electron chi connectivity index (χ1n) is 14.4. The number of aliphatic imine (C=N–C) groups is 1. The molecule has 1 aliphatic rings. The first kappa shape index (κ1) is 35.5. The minimum absolute atomic E-state index is 0.00709. The van der Waals surface area contributed by atoms with Crippen molar-refractivity contribution in [2.45, 2.75) is 82.1 Å². The molecular formula is C28H43N9O7. The van der Waals surface area contributed by atoms with Gasteiger partial charge in [0.05, 0.1) is 6.42 Å². The molecule has 1 aromatic rings. The Morgan fingerprint density at radius 1 is 0.750 bits per heavy atom. The quantitative estimate of drug-likeness (QED) is 0.0667. The molecule has 1 heterocycles. The number of benzene rings is 1. The Morgan fingerprint density at radius 2 is 1.27 bits per heavy atom. The third kappa shape index (κ3) is 12.2. The van der Waals surface area contributed by atoms with E-state index in [0.29, 0.717) is 31.4 Å². The molecule has 0 spiro atoms. The van der Waals surface area contributed by atoms with Crippen LogP contribution in [0, 0.1) is 0 Å². The van der Waals surface area contributed by atoms with Gasteiger partial charge in [0, 0.05) is 13.0 Å². The molecule has 44 heavy (non-hydrogen) atoms. The Morgan fingerprint density at radius 3 is 1.86 bits per heavy atom. The van der Waals surface area contributed by atoms with E-state index in [1.165, 1.54) is 6.92 Å². The molecular weight excluding hydrogens is 574 g/mol. The summed E-state index contributed by atoms with van der Waals surface area (Å²) in [4.78, 5) is 82.0. The third-order valence-corrected chi connectivity index (χ3v) is 6.84. The van der Waals surface area contributed by atoms with E-state index >= 15 is 0 Å². The van der Waals surface area contributed by atoms with Gasteiger partial charge in [-0.25, -0.2) is 0 Å². The molecule has 0 saturated carbocycles. The summed E-state index contributed by atoms with van der Waals surface area (Å²) < 4.78 is 0. The number of guanidine groups is 1. The van der Waals surface area contributed by atoms with Crippen LogP contribution < -0.4 is 43.8 Å². The fourth-order valence-electron chi connectivity index (χ4n) is 4.47. The summed E-state index contributed by atoms with van der Waals surface area (Å²) in [6.45, 7) is 1.87. The fourth-order valence-corrected chi connectivity index (χ4v) is 4.47. The maximum absolute atomic E-state index is 13.6. The molecule has 0 aromatic heterocycles. The van der Waals surface area contributed by atoms with Gasteiger partial charge in [-0.1, -0.05) is 30.3 Å². The number of carbonyl (C=O) groups excluding carboxylic acids is 5. The van der Waals surface area contributed by atoms with E-state index in [4.69, 9.17) is 17.2 Å². The summed E-state index contributed by atoms with van der Waals surface area (Å²) in [5, 5.41) is 22.1. The van der Waals surface area contributed by atoms with Crippen LogP contribution in [0.1, 0.15) is 51.0 Å². The molecule has 2 rings (SSSR count). The predicted octanol–water partition coefficient (Wildman–Crippen LogP) is -2.66. The van der Waals surface area contributed by atoms with Crippen molar-refractivity contribution in [1.82, 2.24) is 26.6 Å². The molecule has 0 radical (unpaired) electrons. The van der Waals surface area contributed by atoms with Gasteiger partial charge in [0.15, 0.2) is 5.96 Å². The van der Waals surface area contributed by atoms with E-state index in [1.807, 2.05) is 0 Å². The monoisotopic (exact) mass is 617 g/mol. The van der Waals surface area contributed by atoms with Crippen molar-refractivity contribution in [2.24, 2.45) is 22.2 Å². The zero-order chi connectivity index (χ0) is 32.6. The zero-order valence-corrected chi connectivity index (χ0v) is 24.7. The van der Waals surface area contributed by atoms with Crippen LogP contribution in [0.15, 0.2) is 35.3 Å². The van der Waals surface area contributed by atoms with Gasteiger partial charge in [-0.15, -0.1) is 0 Å². The minimum atomic E-state index is -1.56. The van der Waals surface area contributed by atoms with Crippen LogP contribution in [-0.2, 0) is 35.2 Å². The molecule has 1 aromatic carbocycles. The van der Waals surface area contributed by atoms with Gasteiger partial charge in [0.25, 0.3) is 0 Å². The van der Waals surface area contributed by atoms with E-state index in [0.717, 1.165) is 0 Å². The lowest BCUT2D eigenvalue weighted by atomic mass is 10.0. The van der Waals surface area contributed by atoms with Crippen molar-refractivity contribution in [2.75, 3.05) is 13.1 Å². The lowest BCUT2D eigenvalue weighted by Gasteiger charge is -2.26. The Balaban J connectivity index is 2.49. The lowest BCUT2D eigenvalue weighted by Crippen LogP contribution is -2.58. The van der Waals surface area contributed by atoms with E-state index in [-0.39, 0.29) is 31.8 Å². The Bertz CT molecular complexity index is 1190. The van der Waals surface area contributed by atoms with Crippen molar-refractivity contribution in [3.8, 4) is 0 Å². The molecule has 242 valence electrons. The Hall–Kier alpha value is -4.73. The van der Waals surface area contributed by atoms with E-state index in [9.17, 15) is 33.9 Å². The maximum atomic E-state index is 13.6. The van der Waals surface area contributed by atoms with Crippen LogP contribution in [0.3, 0.4) is 0 Å². The summed E-state index contributed by atoms with van der Waals surface area (Å²) in [5.41, 5.74) is 17.0. The van der Waals surface area contributed by atoms with Crippen molar-refractivity contribution in [1.29, 1.82) is 0 Å². The standard InChI is InChI=1S/C28H43N9O7/c1-16-23(40)36-21(15-22(38)39)27(44)37-20(14-17-8-3-2-4-9-17)26(43)35-18(10-5-6-12-29)25(42)34-19(24(41)33-16)11-7-13-32-28(30)31/h2-4,8-9,16,18-21H,5-7,10-15,29H2,1H3,(H,33,41)(H,34,42)(H,35,43)(H,36,40)(H,37,44)(H,38,39)(H4,30,31,32). The van der Waals surface area contributed by atoms with Crippen LogP contribution in [0.25, 0.3) is 0 Å². The molecule has 0 bridgehead atoms. The highest BCUT2D eigenvalue weighted by Gasteiger charge is 2.34. The number of nitrogens with one attached hydrogen (secondary N) is 5. The van der Waals surface area contributed by atoms with E-state index in [1.54, 1.807) is 30.3 Å². The molecule has 5 amide bonds. The summed E-state index contributed by atoms with van der Waals surface area (Å²) in [6.07, 6.45) is 0.821. The van der Waals surface area contributed by atoms with Crippen LogP contribution >= 0.6 is 0 Å². The third-order valence-electron chi connectivity index (χ3n) is 6.84. The van der Waals surface area contributed by atoms with Gasteiger partial charge in [0.1, 0.15) is 30.2 Å². The second-order valence-corrected chi connectivity index (χ2v) is 10.5. The molecule has 1 aliphatic heterocycles. The number of carboxylic acids is 1. The fraction of sp³-hybridized carbons (Fsp3) is 0.536. The second-order valence-electron chi connectivity index (χ2n) is 10.5. The average Bonchev–Trinajstić information content (AvgIpc) is 2.96. The molecule has 16 heteroatoms. The number of amides is 5. The Kier molecular flexibility index (Phi) is 14.5. The van der Waals surface area contributed by atoms with Gasteiger partial charge in [-0.2, -0.15) is 0 Å². The van der Waals surface area contributed by atoms with Gasteiger partial charge < -0.3 is 48.9 Å². The summed E-state index contributed by atoms with van der Waals surface area (Å²) in [7, 11) is 0. The van der Waals surface area contributed by atoms with Crippen LogP contribution in [0.5, 0.6) is 0 Å². The number of unbranched alkanes of at least 4 members (excludes halogenated alkanes) is 1. The zero-order valence-electron chi connectivity index (χ0n) is 24.7. The maximum Gasteiger partial charge on any atom is 0.305 e. The van der Waals surface area contributed by atoms with Crippen molar-refractivity contribution in [3.05, 3.63) is 35.9 Å². The number of carboxylic acid groups (broad SMARTS) is 1. The number of aliphatic carboxylic acids is 1. The van der Waals surface area contributed by atoms with E-state index in [2.05, 4.69) is 31.6 Å². The molecule has 5 unspecified atom stereocenters. The average molecular weight is 618 g/mol. The molecule has 5 atom stereocenters. The minimum Gasteiger partial charge on any atom is -0.481 e. The highest BCUT2D eigenvalue weighted by molar-refractivity contribution is 5.98. The van der Waals surface area contributed by atoms with Gasteiger partial charge >= 0.3 is 5.97 Å². The van der Waals surface area contributed by atoms with Gasteiger partial charge in [0.2, 0.25) is 29.5 Å². The number of nitrogens with zero attached hydrogens (tertiary/aromatic N) is 1. The highest BCUT2D eigenvalue weighted by Crippen LogP contribution is 2.09. The first-order valence-corrected chi connectivity index (χ1v) is 14.4. The summed E-state index contributed by atoms with van der Waals surface area (Å²) >= 11 is 0. The van der Waals surface area contributed by atoms with Crippen molar-refractivity contribution < 1.29 is 33.9 Å². The molecule has 12 N–H and O–H groups in total. The molecule has 16 nitrogen and oxygen atoms in total. The number of hydrogen-bond acceptors (Lipinski definition) is 8. The number of rotatable bonds is 12. The topological polar surface area (TPSA) is 273 Å². The first-order chi connectivity index (χ1) is 20.9. The Labute approximate surface area is 255 Å². The van der Waals surface area contributed by atoms with Crippen LogP contribution in [0.2, 0.25) is 0 Å². The number of nitrogens with two attached hydrogens (primary N) is 3. The second kappa shape index (κ2) is 18.0. The van der Waals surface area contributed by atoms with Crippen molar-refractivity contribution >= 4 is 41.5 Å². The predicted molar refractivity (Wildman–Crippen MR) is 161 cm³/mol. The molecule has 1 fully saturated rings. The SMILES string of the molecule is CC1NC(=O)C(CCCN=C(N)N)NC(=O)C(CCCCN)NC(=O)C(Cc2ccccc2)NC(=O)C(CC(=O)O)NC1=O. The van der Waals surface area contributed by atoms with Crippen molar-refractivity contribution in [3.63, 3.8) is 0 Å². The number of carbonyl (C=O) groups is 6. The van der Waals surface area contributed by atoms with Crippen LogP contribution in [-0.4, -0.2) is 89.9 Å². The largest absolute Gasteiger partial charge is 0.481 e. The lowest BCUT2D eigenvalue weighted by molar-refractivity contribution is -0.141. The smallest absolute Gasteiger partial charge is 0.305 e. The highest BCUT2D eigenvalue weighted by atomic mass is 16.4. The van der Waals surface area contributed by atoms with Gasteiger partial charge in [-0.3, -0.25) is 33.8 Å². The molecule has 1 saturated heterocycles. The van der Waals surface area contributed by atoms with Gasteiger partial charge in [-0.05, 0) is 51.1 Å².